The average molecular weight is 361 g/mol. The number of para-hydroxylation sites is 1. The summed E-state index contributed by atoms with van der Waals surface area (Å²) in [6.07, 6.45) is 3.28. The Bertz CT molecular complexity index is 926. The zero-order valence-electron chi connectivity index (χ0n) is 15.8. The van der Waals surface area contributed by atoms with Gasteiger partial charge in [0.15, 0.2) is 0 Å². The molecule has 27 heavy (non-hydrogen) atoms. The Morgan fingerprint density at radius 1 is 1.11 bits per heavy atom. The molecule has 3 aromatic rings. The molecule has 1 heterocycles. The molecule has 0 fully saturated rings. The van der Waals surface area contributed by atoms with Gasteiger partial charge in [-0.2, -0.15) is 0 Å². The molecule has 1 amide bonds. The first-order valence-corrected chi connectivity index (χ1v) is 8.86. The van der Waals surface area contributed by atoms with E-state index in [1.807, 2.05) is 68.4 Å². The summed E-state index contributed by atoms with van der Waals surface area (Å²) in [7, 11) is 1.63. The van der Waals surface area contributed by atoms with E-state index in [4.69, 9.17) is 4.74 Å². The number of aromatic nitrogens is 1. The number of carbonyl (C=O) groups excluding carboxylic acids is 1. The van der Waals surface area contributed by atoms with E-state index in [0.29, 0.717) is 12.1 Å². The number of nitrogens with one attached hydrogen (secondary N) is 1. The van der Waals surface area contributed by atoms with E-state index >= 15 is 0 Å². The minimum absolute atomic E-state index is 0.0870. The number of anilines is 3. The largest absolute Gasteiger partial charge is 0.495 e. The third kappa shape index (κ3) is 4.26. The van der Waals surface area contributed by atoms with Crippen molar-refractivity contribution in [2.45, 2.75) is 13.8 Å². The van der Waals surface area contributed by atoms with Crippen LogP contribution in [0.4, 0.5) is 17.1 Å². The van der Waals surface area contributed by atoms with Gasteiger partial charge in [-0.15, -0.1) is 0 Å². The van der Waals surface area contributed by atoms with Crippen LogP contribution in [0.3, 0.4) is 0 Å². The maximum absolute atomic E-state index is 13.0. The van der Waals surface area contributed by atoms with Crippen molar-refractivity contribution in [1.82, 2.24) is 4.98 Å². The summed E-state index contributed by atoms with van der Waals surface area (Å²) in [5.74, 6) is 0.646. The molecule has 1 aromatic heterocycles. The summed E-state index contributed by atoms with van der Waals surface area (Å²) in [4.78, 5) is 19.0. The summed E-state index contributed by atoms with van der Waals surface area (Å²) in [6.45, 7) is 4.55. The molecule has 0 atom stereocenters. The molecule has 0 bridgehead atoms. The lowest BCUT2D eigenvalue weighted by Crippen LogP contribution is -2.30. The number of carbonyl (C=O) groups is 1. The molecule has 0 aliphatic heterocycles. The van der Waals surface area contributed by atoms with Crippen LogP contribution in [0.1, 0.15) is 22.8 Å². The van der Waals surface area contributed by atoms with Gasteiger partial charge in [-0.3, -0.25) is 9.78 Å². The number of hydrogen-bond acceptors (Lipinski definition) is 4. The van der Waals surface area contributed by atoms with Crippen LogP contribution >= 0.6 is 0 Å². The van der Waals surface area contributed by atoms with Crippen molar-refractivity contribution in [3.8, 4) is 5.75 Å². The lowest BCUT2D eigenvalue weighted by molar-refractivity contribution is 0.0988. The smallest absolute Gasteiger partial charge is 0.259 e. The van der Waals surface area contributed by atoms with Crippen molar-refractivity contribution in [3.63, 3.8) is 0 Å². The molecule has 2 aromatic carbocycles. The van der Waals surface area contributed by atoms with Crippen LogP contribution in [0.25, 0.3) is 0 Å². The molecule has 0 aliphatic carbocycles. The van der Waals surface area contributed by atoms with Crippen LogP contribution in [0.5, 0.6) is 5.75 Å². The first-order valence-electron chi connectivity index (χ1n) is 8.86. The summed E-state index contributed by atoms with van der Waals surface area (Å²) in [5, 5.41) is 3.30. The van der Waals surface area contributed by atoms with Gasteiger partial charge in [-0.05, 0) is 49.7 Å². The van der Waals surface area contributed by atoms with Gasteiger partial charge >= 0.3 is 0 Å². The topological polar surface area (TPSA) is 54.5 Å². The van der Waals surface area contributed by atoms with E-state index in [2.05, 4.69) is 10.3 Å². The fourth-order valence-corrected chi connectivity index (χ4v) is 2.91. The lowest BCUT2D eigenvalue weighted by Gasteiger charge is -2.21. The minimum atomic E-state index is -0.0870. The van der Waals surface area contributed by atoms with Crippen molar-refractivity contribution >= 4 is 23.0 Å². The Kier molecular flexibility index (Phi) is 5.71. The van der Waals surface area contributed by atoms with Crippen LogP contribution in [0, 0.1) is 6.92 Å². The van der Waals surface area contributed by atoms with Crippen LogP contribution in [0.15, 0.2) is 67.0 Å². The van der Waals surface area contributed by atoms with Gasteiger partial charge in [-0.1, -0.05) is 24.3 Å². The van der Waals surface area contributed by atoms with Gasteiger partial charge in [-0.25, -0.2) is 0 Å². The van der Waals surface area contributed by atoms with Gasteiger partial charge in [0.2, 0.25) is 0 Å². The third-order valence-corrected chi connectivity index (χ3v) is 4.25. The molecule has 0 saturated heterocycles. The molecule has 0 unspecified atom stereocenters. The predicted octanol–water partition coefficient (Wildman–Crippen LogP) is 4.81. The highest BCUT2D eigenvalue weighted by molar-refractivity contribution is 6.06. The third-order valence-electron chi connectivity index (χ3n) is 4.25. The maximum atomic E-state index is 13.0. The molecular weight excluding hydrogens is 338 g/mol. The highest BCUT2D eigenvalue weighted by atomic mass is 16.5. The van der Waals surface area contributed by atoms with Crippen molar-refractivity contribution in [1.29, 1.82) is 0 Å². The summed E-state index contributed by atoms with van der Waals surface area (Å²) in [5.41, 5.74) is 4.06. The van der Waals surface area contributed by atoms with Gasteiger partial charge < -0.3 is 15.0 Å². The van der Waals surface area contributed by atoms with Crippen molar-refractivity contribution in [2.75, 3.05) is 23.9 Å². The van der Waals surface area contributed by atoms with E-state index in [1.165, 1.54) is 0 Å². The Labute approximate surface area is 159 Å². The fraction of sp³-hybridized carbons (Fsp3) is 0.182. The Morgan fingerprint density at radius 2 is 1.89 bits per heavy atom. The van der Waals surface area contributed by atoms with Crippen LogP contribution in [0.2, 0.25) is 0 Å². The highest BCUT2D eigenvalue weighted by Crippen LogP contribution is 2.29. The second kappa shape index (κ2) is 8.36. The normalized spacial score (nSPS) is 10.3. The fourth-order valence-electron chi connectivity index (χ4n) is 2.91. The molecule has 0 saturated carbocycles. The first-order chi connectivity index (χ1) is 13.1. The van der Waals surface area contributed by atoms with Gasteiger partial charge in [0.1, 0.15) is 5.75 Å². The zero-order valence-corrected chi connectivity index (χ0v) is 15.8. The maximum Gasteiger partial charge on any atom is 0.259 e. The van der Waals surface area contributed by atoms with Crippen molar-refractivity contribution in [3.05, 3.63) is 78.1 Å². The summed E-state index contributed by atoms with van der Waals surface area (Å²) < 4.78 is 5.41. The number of aryl methyl sites for hydroxylation is 1. The monoisotopic (exact) mass is 361 g/mol. The van der Waals surface area contributed by atoms with Gasteiger partial charge in [0.25, 0.3) is 5.91 Å². The van der Waals surface area contributed by atoms with Crippen molar-refractivity contribution in [2.24, 2.45) is 0 Å². The molecule has 1 N–H and O–H groups in total. The van der Waals surface area contributed by atoms with E-state index in [0.717, 1.165) is 28.4 Å². The van der Waals surface area contributed by atoms with E-state index in [9.17, 15) is 4.79 Å². The van der Waals surface area contributed by atoms with Crippen LogP contribution in [-0.2, 0) is 0 Å². The number of nitrogens with zero attached hydrogens (tertiary/aromatic N) is 2. The predicted molar refractivity (Wildman–Crippen MR) is 109 cm³/mol. The number of ether oxygens (including phenoxy) is 1. The number of rotatable bonds is 6. The second-order valence-electron chi connectivity index (χ2n) is 6.18. The minimum Gasteiger partial charge on any atom is -0.495 e. The highest BCUT2D eigenvalue weighted by Gasteiger charge is 2.17. The number of hydrogen-bond donors (Lipinski definition) is 1. The average Bonchev–Trinajstić information content (AvgIpc) is 2.70. The molecule has 0 aliphatic rings. The Morgan fingerprint density at radius 3 is 2.59 bits per heavy atom. The summed E-state index contributed by atoms with van der Waals surface area (Å²) in [6, 6.07) is 17.3. The molecule has 5 heteroatoms. The molecular formula is C22H23N3O2. The Balaban J connectivity index is 1.87. The van der Waals surface area contributed by atoms with Crippen LogP contribution in [-0.4, -0.2) is 24.5 Å². The van der Waals surface area contributed by atoms with E-state index in [1.54, 1.807) is 24.4 Å². The molecule has 0 spiro atoms. The molecule has 0 radical (unpaired) electrons. The number of methoxy groups -OCH3 is 1. The van der Waals surface area contributed by atoms with Gasteiger partial charge in [0.05, 0.1) is 30.2 Å². The van der Waals surface area contributed by atoms with Gasteiger partial charge in [0, 0.05) is 18.4 Å². The van der Waals surface area contributed by atoms with E-state index < -0.39 is 0 Å². The number of amides is 1. The second-order valence-corrected chi connectivity index (χ2v) is 6.18. The van der Waals surface area contributed by atoms with Crippen LogP contribution < -0.4 is 15.0 Å². The molecule has 3 rings (SSSR count). The SMILES string of the molecule is CCN(C(=O)c1cncc(Nc2cc(C)ccc2OC)c1)c1ccccc1. The first kappa shape index (κ1) is 18.5. The Hall–Kier alpha value is -3.34. The quantitative estimate of drug-likeness (QED) is 0.685. The number of benzene rings is 2. The molecule has 138 valence electrons. The zero-order chi connectivity index (χ0) is 19.2. The van der Waals surface area contributed by atoms with E-state index in [-0.39, 0.29) is 5.91 Å². The lowest BCUT2D eigenvalue weighted by atomic mass is 10.2. The number of pyridine rings is 1. The van der Waals surface area contributed by atoms with Crippen molar-refractivity contribution < 1.29 is 9.53 Å². The molecule has 5 nitrogen and oxygen atoms in total. The standard InChI is InChI=1S/C22H23N3O2/c1-4-25(19-8-6-5-7-9-19)22(26)17-13-18(15-23-14-17)24-20-12-16(2)10-11-21(20)27-3/h5-15,24H,4H2,1-3H3. The summed E-state index contributed by atoms with van der Waals surface area (Å²) >= 11 is 0.